The lowest BCUT2D eigenvalue weighted by atomic mass is 9.81. The number of likely N-dealkylation sites (tertiary alicyclic amines) is 1. The minimum absolute atomic E-state index is 0.175. The molecule has 0 radical (unpaired) electrons. The first-order valence-corrected chi connectivity index (χ1v) is 9.37. The molecule has 4 nitrogen and oxygen atoms in total. The van der Waals surface area contributed by atoms with Crippen molar-refractivity contribution in [3.05, 3.63) is 0 Å². The first-order chi connectivity index (χ1) is 10.6. The standard InChI is InChI=1S/C18H35N3O/c1-3-18(4-2,14-19)17(22)20-16-9-11-21(12-10-16)13-15-7-5-6-8-15/h15-16H,3-14,19H2,1-2H3,(H,20,22). The highest BCUT2D eigenvalue weighted by Gasteiger charge is 2.35. The smallest absolute Gasteiger partial charge is 0.227 e. The monoisotopic (exact) mass is 309 g/mol. The number of carbonyl (C=O) groups is 1. The molecule has 0 spiro atoms. The van der Waals surface area contributed by atoms with Crippen LogP contribution in [-0.4, -0.2) is 43.0 Å². The van der Waals surface area contributed by atoms with Crippen LogP contribution in [0.3, 0.4) is 0 Å². The second-order valence-electron chi connectivity index (χ2n) is 7.39. The zero-order valence-corrected chi connectivity index (χ0v) is 14.6. The molecule has 0 aromatic carbocycles. The Morgan fingerprint density at radius 3 is 2.23 bits per heavy atom. The lowest BCUT2D eigenvalue weighted by molar-refractivity contribution is -0.132. The number of rotatable bonds is 7. The van der Waals surface area contributed by atoms with Crippen LogP contribution in [0, 0.1) is 11.3 Å². The summed E-state index contributed by atoms with van der Waals surface area (Å²) in [6, 6.07) is 0.344. The number of nitrogens with one attached hydrogen (secondary N) is 1. The minimum Gasteiger partial charge on any atom is -0.353 e. The summed E-state index contributed by atoms with van der Waals surface area (Å²) >= 11 is 0. The summed E-state index contributed by atoms with van der Waals surface area (Å²) in [5, 5.41) is 3.28. The fourth-order valence-electron chi connectivity index (χ4n) is 4.11. The van der Waals surface area contributed by atoms with Crippen molar-refractivity contribution in [3.8, 4) is 0 Å². The first kappa shape index (κ1) is 17.7. The van der Waals surface area contributed by atoms with Gasteiger partial charge in [-0.2, -0.15) is 0 Å². The molecule has 0 atom stereocenters. The quantitative estimate of drug-likeness (QED) is 0.760. The second kappa shape index (κ2) is 8.30. The van der Waals surface area contributed by atoms with Crippen LogP contribution in [0.15, 0.2) is 0 Å². The van der Waals surface area contributed by atoms with E-state index in [4.69, 9.17) is 5.73 Å². The van der Waals surface area contributed by atoms with Gasteiger partial charge in [0, 0.05) is 32.2 Å². The van der Waals surface area contributed by atoms with E-state index in [1.54, 1.807) is 0 Å². The predicted octanol–water partition coefficient (Wildman–Crippen LogP) is 2.52. The molecule has 0 aromatic heterocycles. The van der Waals surface area contributed by atoms with Crippen LogP contribution in [0.2, 0.25) is 0 Å². The molecule has 1 saturated carbocycles. The van der Waals surface area contributed by atoms with Crippen LogP contribution in [0.25, 0.3) is 0 Å². The molecule has 4 heteroatoms. The molecule has 0 unspecified atom stereocenters. The fraction of sp³-hybridized carbons (Fsp3) is 0.944. The molecular formula is C18H35N3O. The van der Waals surface area contributed by atoms with Gasteiger partial charge in [-0.15, -0.1) is 0 Å². The van der Waals surface area contributed by atoms with E-state index in [0.717, 1.165) is 44.7 Å². The van der Waals surface area contributed by atoms with Crippen molar-refractivity contribution in [3.63, 3.8) is 0 Å². The van der Waals surface area contributed by atoms with Gasteiger partial charge in [0.25, 0.3) is 0 Å². The number of amides is 1. The number of nitrogens with two attached hydrogens (primary N) is 1. The van der Waals surface area contributed by atoms with E-state index in [9.17, 15) is 4.79 Å². The van der Waals surface area contributed by atoms with Crippen LogP contribution in [0.4, 0.5) is 0 Å². The highest BCUT2D eigenvalue weighted by molar-refractivity contribution is 5.83. The van der Waals surface area contributed by atoms with Gasteiger partial charge in [-0.25, -0.2) is 0 Å². The molecular weight excluding hydrogens is 274 g/mol. The maximum atomic E-state index is 12.6. The Bertz CT molecular complexity index is 332. The predicted molar refractivity (Wildman–Crippen MR) is 91.6 cm³/mol. The van der Waals surface area contributed by atoms with E-state index >= 15 is 0 Å². The SMILES string of the molecule is CCC(CC)(CN)C(=O)NC1CCN(CC2CCCC2)CC1. The van der Waals surface area contributed by atoms with Gasteiger partial charge in [0.15, 0.2) is 0 Å². The van der Waals surface area contributed by atoms with E-state index < -0.39 is 0 Å². The molecule has 3 N–H and O–H groups in total. The van der Waals surface area contributed by atoms with Gasteiger partial charge in [0.2, 0.25) is 5.91 Å². The third kappa shape index (κ3) is 4.23. The Morgan fingerprint density at radius 1 is 1.14 bits per heavy atom. The summed E-state index contributed by atoms with van der Waals surface area (Å²) in [6.07, 6.45) is 9.52. The molecule has 0 aromatic rings. The van der Waals surface area contributed by atoms with Crippen molar-refractivity contribution in [2.75, 3.05) is 26.2 Å². The fourth-order valence-corrected chi connectivity index (χ4v) is 4.11. The average Bonchev–Trinajstić information content (AvgIpc) is 3.04. The maximum absolute atomic E-state index is 12.6. The van der Waals surface area contributed by atoms with Crippen molar-refractivity contribution in [1.29, 1.82) is 0 Å². The maximum Gasteiger partial charge on any atom is 0.227 e. The molecule has 1 heterocycles. The van der Waals surface area contributed by atoms with Crippen LogP contribution >= 0.6 is 0 Å². The average molecular weight is 309 g/mol. The Morgan fingerprint density at radius 2 is 1.73 bits per heavy atom. The van der Waals surface area contributed by atoms with Gasteiger partial charge in [-0.1, -0.05) is 26.7 Å². The van der Waals surface area contributed by atoms with E-state index in [-0.39, 0.29) is 11.3 Å². The Hall–Kier alpha value is -0.610. The van der Waals surface area contributed by atoms with Crippen molar-refractivity contribution in [2.45, 2.75) is 71.3 Å². The summed E-state index contributed by atoms with van der Waals surface area (Å²) in [6.45, 7) is 8.13. The molecule has 1 aliphatic carbocycles. The number of hydrogen-bond acceptors (Lipinski definition) is 3. The van der Waals surface area contributed by atoms with E-state index in [1.807, 2.05) is 0 Å². The molecule has 1 amide bonds. The van der Waals surface area contributed by atoms with Gasteiger partial charge in [-0.05, 0) is 44.4 Å². The van der Waals surface area contributed by atoms with E-state index in [0.29, 0.717) is 12.6 Å². The van der Waals surface area contributed by atoms with Crippen LogP contribution < -0.4 is 11.1 Å². The molecule has 22 heavy (non-hydrogen) atoms. The van der Waals surface area contributed by atoms with Gasteiger partial charge < -0.3 is 16.0 Å². The van der Waals surface area contributed by atoms with Crippen molar-refractivity contribution >= 4 is 5.91 Å². The highest BCUT2D eigenvalue weighted by atomic mass is 16.2. The summed E-state index contributed by atoms with van der Waals surface area (Å²) in [5.41, 5.74) is 5.52. The molecule has 1 saturated heterocycles. The zero-order valence-electron chi connectivity index (χ0n) is 14.6. The summed E-state index contributed by atoms with van der Waals surface area (Å²) in [5.74, 6) is 1.10. The summed E-state index contributed by atoms with van der Waals surface area (Å²) in [4.78, 5) is 15.2. The molecule has 128 valence electrons. The topological polar surface area (TPSA) is 58.4 Å². The molecule has 2 rings (SSSR count). The second-order valence-corrected chi connectivity index (χ2v) is 7.39. The normalized spacial score (nSPS) is 22.1. The molecule has 0 bridgehead atoms. The number of hydrogen-bond donors (Lipinski definition) is 2. The number of carbonyl (C=O) groups excluding carboxylic acids is 1. The third-order valence-corrected chi connectivity index (χ3v) is 6.14. The molecule has 2 aliphatic rings. The number of nitrogens with zero attached hydrogens (tertiary/aromatic N) is 1. The largest absolute Gasteiger partial charge is 0.353 e. The zero-order chi connectivity index (χ0) is 16.0. The van der Waals surface area contributed by atoms with Crippen LogP contribution in [0.5, 0.6) is 0 Å². The Balaban J connectivity index is 1.75. The summed E-state index contributed by atoms with van der Waals surface area (Å²) in [7, 11) is 0. The van der Waals surface area contributed by atoms with Gasteiger partial charge in [-0.3, -0.25) is 4.79 Å². The van der Waals surface area contributed by atoms with Gasteiger partial charge in [0.05, 0.1) is 5.41 Å². The Kier molecular flexibility index (Phi) is 6.69. The van der Waals surface area contributed by atoms with E-state index in [2.05, 4.69) is 24.1 Å². The lowest BCUT2D eigenvalue weighted by Crippen LogP contribution is -2.52. The molecule has 2 fully saturated rings. The number of piperidine rings is 1. The van der Waals surface area contributed by atoms with Crippen molar-refractivity contribution < 1.29 is 4.79 Å². The highest BCUT2D eigenvalue weighted by Crippen LogP contribution is 2.28. The van der Waals surface area contributed by atoms with Crippen molar-refractivity contribution in [1.82, 2.24) is 10.2 Å². The minimum atomic E-state index is -0.360. The molecule has 1 aliphatic heterocycles. The van der Waals surface area contributed by atoms with Crippen molar-refractivity contribution in [2.24, 2.45) is 17.1 Å². The van der Waals surface area contributed by atoms with Gasteiger partial charge >= 0.3 is 0 Å². The van der Waals surface area contributed by atoms with Crippen LogP contribution in [-0.2, 0) is 4.79 Å². The van der Waals surface area contributed by atoms with E-state index in [1.165, 1.54) is 32.2 Å². The Labute approximate surface area is 136 Å². The first-order valence-electron chi connectivity index (χ1n) is 9.37. The summed E-state index contributed by atoms with van der Waals surface area (Å²) < 4.78 is 0. The third-order valence-electron chi connectivity index (χ3n) is 6.14. The van der Waals surface area contributed by atoms with Crippen LogP contribution in [0.1, 0.15) is 65.2 Å². The lowest BCUT2D eigenvalue weighted by Gasteiger charge is -2.36. The van der Waals surface area contributed by atoms with Gasteiger partial charge in [0.1, 0.15) is 0 Å².